The summed E-state index contributed by atoms with van der Waals surface area (Å²) >= 11 is 0. The zero-order chi connectivity index (χ0) is 21.5. The highest BCUT2D eigenvalue weighted by atomic mass is 32.2. The van der Waals surface area contributed by atoms with Gasteiger partial charge in [-0.25, -0.2) is 12.8 Å². The molecule has 2 aromatic carbocycles. The highest BCUT2D eigenvalue weighted by Gasteiger charge is 2.32. The van der Waals surface area contributed by atoms with E-state index in [1.54, 1.807) is 12.1 Å². The minimum absolute atomic E-state index is 0.0600. The van der Waals surface area contributed by atoms with E-state index >= 15 is 0 Å². The second-order valence-corrected chi connectivity index (χ2v) is 9.55. The molecule has 0 aromatic heterocycles. The molecule has 1 heterocycles. The standard InChI is InChI=1S/C22H27FN2O3S/c1-14-13-15(2)17(4)22(16(14)3)29(27,28)25-11-9-24(10-12-25)20-8-6-7-19(23)21(20)18(5)26/h6-8,13H,9-12H2,1-5H3. The van der Waals surface area contributed by atoms with Crippen LogP contribution in [0.3, 0.4) is 0 Å². The Balaban J connectivity index is 1.89. The lowest BCUT2D eigenvalue weighted by atomic mass is 10.0. The molecule has 3 rings (SSSR count). The first-order valence-corrected chi connectivity index (χ1v) is 11.1. The third-order valence-corrected chi connectivity index (χ3v) is 7.99. The molecule has 29 heavy (non-hydrogen) atoms. The first-order valence-electron chi connectivity index (χ1n) is 9.67. The van der Waals surface area contributed by atoms with E-state index in [1.165, 1.54) is 17.3 Å². The lowest BCUT2D eigenvalue weighted by molar-refractivity contribution is 0.101. The van der Waals surface area contributed by atoms with Crippen molar-refractivity contribution in [1.82, 2.24) is 4.31 Å². The van der Waals surface area contributed by atoms with Crippen LogP contribution < -0.4 is 4.90 Å². The average Bonchev–Trinajstić information content (AvgIpc) is 2.66. The Labute approximate surface area is 172 Å². The van der Waals surface area contributed by atoms with Gasteiger partial charge in [0.2, 0.25) is 10.0 Å². The molecule has 1 saturated heterocycles. The fourth-order valence-corrected chi connectivity index (χ4v) is 5.99. The van der Waals surface area contributed by atoms with Gasteiger partial charge < -0.3 is 4.90 Å². The van der Waals surface area contributed by atoms with Crippen LogP contribution in [0.2, 0.25) is 0 Å². The predicted molar refractivity (Wildman–Crippen MR) is 113 cm³/mol. The van der Waals surface area contributed by atoms with Gasteiger partial charge in [0.25, 0.3) is 0 Å². The van der Waals surface area contributed by atoms with Crippen LogP contribution in [0.5, 0.6) is 0 Å². The maximum Gasteiger partial charge on any atom is 0.243 e. The van der Waals surface area contributed by atoms with E-state index in [4.69, 9.17) is 0 Å². The first-order chi connectivity index (χ1) is 13.6. The minimum atomic E-state index is -3.64. The summed E-state index contributed by atoms with van der Waals surface area (Å²) in [4.78, 5) is 14.2. The summed E-state index contributed by atoms with van der Waals surface area (Å²) in [7, 11) is -3.64. The number of hydrogen-bond donors (Lipinski definition) is 0. The predicted octanol–water partition coefficient (Wildman–Crippen LogP) is 3.77. The number of aryl methyl sites for hydroxylation is 2. The Hall–Kier alpha value is -2.25. The van der Waals surface area contributed by atoms with Crippen LogP contribution in [-0.4, -0.2) is 44.7 Å². The molecule has 2 aromatic rings. The number of anilines is 1. The number of carbonyl (C=O) groups excluding carboxylic acids is 1. The summed E-state index contributed by atoms with van der Waals surface area (Å²) in [5.74, 6) is -0.888. The number of rotatable bonds is 4. The molecule has 0 amide bonds. The first kappa shape index (κ1) is 21.5. The quantitative estimate of drug-likeness (QED) is 0.709. The number of piperazine rings is 1. The summed E-state index contributed by atoms with van der Waals surface area (Å²) in [6, 6.07) is 6.56. The largest absolute Gasteiger partial charge is 0.368 e. The van der Waals surface area contributed by atoms with Crippen LogP contribution in [0.4, 0.5) is 10.1 Å². The van der Waals surface area contributed by atoms with Gasteiger partial charge >= 0.3 is 0 Å². The molecule has 5 nitrogen and oxygen atoms in total. The lowest BCUT2D eigenvalue weighted by Crippen LogP contribution is -2.49. The zero-order valence-corrected chi connectivity index (χ0v) is 18.4. The third kappa shape index (κ3) is 3.81. The van der Waals surface area contributed by atoms with Gasteiger partial charge in [-0.15, -0.1) is 0 Å². The number of nitrogens with zero attached hydrogens (tertiary/aromatic N) is 2. The van der Waals surface area contributed by atoms with Crippen LogP contribution in [0.1, 0.15) is 39.5 Å². The maximum absolute atomic E-state index is 14.2. The van der Waals surface area contributed by atoms with Crippen molar-refractivity contribution in [3.05, 3.63) is 57.9 Å². The van der Waals surface area contributed by atoms with Crippen LogP contribution in [-0.2, 0) is 10.0 Å². The fourth-order valence-electron chi connectivity index (χ4n) is 3.99. The third-order valence-electron chi connectivity index (χ3n) is 5.82. The van der Waals surface area contributed by atoms with Gasteiger partial charge in [0.1, 0.15) is 5.82 Å². The van der Waals surface area contributed by atoms with Crippen molar-refractivity contribution < 1.29 is 17.6 Å². The summed E-state index contributed by atoms with van der Waals surface area (Å²) in [6.07, 6.45) is 0. The second kappa shape index (κ2) is 7.88. The molecule has 0 saturated carbocycles. The molecule has 0 unspecified atom stereocenters. The van der Waals surface area contributed by atoms with Crippen LogP contribution in [0.25, 0.3) is 0 Å². The summed E-state index contributed by atoms with van der Waals surface area (Å²) in [5, 5.41) is 0. The SMILES string of the molecule is CC(=O)c1c(F)cccc1N1CCN(S(=O)(=O)c2c(C)c(C)cc(C)c2C)CC1. The molecule has 0 atom stereocenters. The van der Waals surface area contributed by atoms with Gasteiger partial charge in [0.05, 0.1) is 16.1 Å². The number of sulfonamides is 1. The van der Waals surface area contributed by atoms with Crippen molar-refractivity contribution in [2.75, 3.05) is 31.1 Å². The number of benzene rings is 2. The van der Waals surface area contributed by atoms with Crippen molar-refractivity contribution >= 4 is 21.5 Å². The van der Waals surface area contributed by atoms with E-state index < -0.39 is 15.8 Å². The Morgan fingerprint density at radius 3 is 2.03 bits per heavy atom. The van der Waals surface area contributed by atoms with E-state index in [-0.39, 0.29) is 24.4 Å². The molecule has 1 aliphatic heterocycles. The van der Waals surface area contributed by atoms with Crippen molar-refractivity contribution in [2.45, 2.75) is 39.5 Å². The van der Waals surface area contributed by atoms with E-state index in [2.05, 4.69) is 0 Å². The number of Topliss-reactive ketones (excluding diaryl/α,β-unsaturated/α-hetero) is 1. The topological polar surface area (TPSA) is 57.7 Å². The van der Waals surface area contributed by atoms with Crippen LogP contribution in [0, 0.1) is 33.5 Å². The van der Waals surface area contributed by atoms with Crippen molar-refractivity contribution in [3.63, 3.8) is 0 Å². The Kier molecular flexibility index (Phi) is 5.83. The Morgan fingerprint density at radius 1 is 0.966 bits per heavy atom. The van der Waals surface area contributed by atoms with E-state index in [9.17, 15) is 17.6 Å². The van der Waals surface area contributed by atoms with Crippen molar-refractivity contribution in [3.8, 4) is 0 Å². The zero-order valence-electron chi connectivity index (χ0n) is 17.5. The number of ketones is 1. The smallest absolute Gasteiger partial charge is 0.243 e. The summed E-state index contributed by atoms with van der Waals surface area (Å²) in [6.45, 7) is 10.2. The molecule has 0 bridgehead atoms. The second-order valence-electron chi connectivity index (χ2n) is 7.67. The minimum Gasteiger partial charge on any atom is -0.368 e. The Bertz CT molecular complexity index is 1050. The highest BCUT2D eigenvalue weighted by Crippen LogP contribution is 2.31. The number of carbonyl (C=O) groups is 1. The van der Waals surface area contributed by atoms with Crippen molar-refractivity contribution in [1.29, 1.82) is 0 Å². The molecule has 1 fully saturated rings. The van der Waals surface area contributed by atoms with Gasteiger partial charge in [0.15, 0.2) is 5.78 Å². The molecular weight excluding hydrogens is 391 g/mol. The van der Waals surface area contributed by atoms with Gasteiger partial charge in [-0.05, 0) is 69.0 Å². The van der Waals surface area contributed by atoms with Gasteiger partial charge in [-0.3, -0.25) is 4.79 Å². The Morgan fingerprint density at radius 2 is 1.52 bits per heavy atom. The molecular formula is C22H27FN2O3S. The summed E-state index contributed by atoms with van der Waals surface area (Å²) < 4.78 is 42.4. The van der Waals surface area contributed by atoms with Gasteiger partial charge in [0, 0.05) is 26.2 Å². The number of hydrogen-bond acceptors (Lipinski definition) is 4. The van der Waals surface area contributed by atoms with E-state index in [1.807, 2.05) is 38.7 Å². The van der Waals surface area contributed by atoms with E-state index in [0.29, 0.717) is 23.7 Å². The van der Waals surface area contributed by atoms with Crippen LogP contribution in [0.15, 0.2) is 29.2 Å². The van der Waals surface area contributed by atoms with Gasteiger partial charge in [-0.2, -0.15) is 4.31 Å². The maximum atomic E-state index is 14.2. The molecule has 0 radical (unpaired) electrons. The summed E-state index contributed by atoms with van der Waals surface area (Å²) in [5.41, 5.74) is 4.05. The molecule has 1 aliphatic rings. The van der Waals surface area contributed by atoms with Crippen LogP contribution >= 0.6 is 0 Å². The van der Waals surface area contributed by atoms with Crippen molar-refractivity contribution in [2.24, 2.45) is 0 Å². The number of halogens is 1. The fraction of sp³-hybridized carbons (Fsp3) is 0.409. The van der Waals surface area contributed by atoms with E-state index in [0.717, 1.165) is 22.3 Å². The monoisotopic (exact) mass is 418 g/mol. The average molecular weight is 419 g/mol. The molecule has 156 valence electrons. The lowest BCUT2D eigenvalue weighted by Gasteiger charge is -2.36. The molecule has 7 heteroatoms. The molecule has 0 spiro atoms. The van der Waals surface area contributed by atoms with Gasteiger partial charge in [-0.1, -0.05) is 12.1 Å². The molecule has 0 aliphatic carbocycles. The molecule has 0 N–H and O–H groups in total. The highest BCUT2D eigenvalue weighted by molar-refractivity contribution is 7.89. The normalized spacial score (nSPS) is 15.6.